The van der Waals surface area contributed by atoms with Gasteiger partial charge in [-0.2, -0.15) is 5.10 Å². The minimum atomic E-state index is -4.69. The number of fused-ring (bicyclic) bond motifs is 1. The van der Waals surface area contributed by atoms with Crippen molar-refractivity contribution in [2.24, 2.45) is 0 Å². The standard InChI is InChI=1S/C18H17F3N4O2/c19-18(20,21)27-15-3-1-13(2-4-15)26-14-6-10-24(11-7-14)17-16-5-8-23-25(16)12-9-22-17/h1-5,8-9,12,14H,6-7,10-11H2. The van der Waals surface area contributed by atoms with Gasteiger partial charge in [0.2, 0.25) is 0 Å². The van der Waals surface area contributed by atoms with E-state index in [1.54, 1.807) is 23.1 Å². The molecule has 1 aromatic carbocycles. The normalized spacial score (nSPS) is 15.9. The molecule has 142 valence electrons. The van der Waals surface area contributed by atoms with Crippen LogP contribution in [0.25, 0.3) is 5.52 Å². The number of ether oxygens (including phenoxy) is 2. The largest absolute Gasteiger partial charge is 0.573 e. The second-order valence-corrected chi connectivity index (χ2v) is 6.24. The molecule has 1 aliphatic rings. The van der Waals surface area contributed by atoms with Crippen molar-refractivity contribution in [1.29, 1.82) is 0 Å². The van der Waals surface area contributed by atoms with Crippen molar-refractivity contribution in [1.82, 2.24) is 14.6 Å². The maximum Gasteiger partial charge on any atom is 0.573 e. The van der Waals surface area contributed by atoms with Crippen molar-refractivity contribution in [2.45, 2.75) is 25.3 Å². The van der Waals surface area contributed by atoms with Gasteiger partial charge in [-0.3, -0.25) is 0 Å². The molecule has 27 heavy (non-hydrogen) atoms. The van der Waals surface area contributed by atoms with E-state index in [9.17, 15) is 13.2 Å². The number of rotatable bonds is 4. The molecule has 0 bridgehead atoms. The first-order chi connectivity index (χ1) is 13.0. The molecule has 1 aliphatic heterocycles. The third kappa shape index (κ3) is 4.07. The predicted molar refractivity (Wildman–Crippen MR) is 92.0 cm³/mol. The quantitative estimate of drug-likeness (QED) is 0.693. The van der Waals surface area contributed by atoms with Crippen LogP contribution in [0.4, 0.5) is 19.0 Å². The molecule has 0 aliphatic carbocycles. The zero-order valence-corrected chi connectivity index (χ0v) is 14.3. The summed E-state index contributed by atoms with van der Waals surface area (Å²) < 4.78 is 48.1. The van der Waals surface area contributed by atoms with Gasteiger partial charge in [0.1, 0.15) is 23.1 Å². The summed E-state index contributed by atoms with van der Waals surface area (Å²) in [5.41, 5.74) is 0.956. The first kappa shape index (κ1) is 17.4. The molecular weight excluding hydrogens is 361 g/mol. The number of aromatic nitrogens is 3. The molecule has 0 radical (unpaired) electrons. The number of hydrogen-bond acceptors (Lipinski definition) is 5. The summed E-state index contributed by atoms with van der Waals surface area (Å²) in [6, 6.07) is 7.41. The fraction of sp³-hybridized carbons (Fsp3) is 0.333. The number of halogens is 3. The van der Waals surface area contributed by atoms with Crippen molar-refractivity contribution >= 4 is 11.3 Å². The van der Waals surface area contributed by atoms with E-state index in [4.69, 9.17) is 4.74 Å². The van der Waals surface area contributed by atoms with E-state index in [-0.39, 0.29) is 11.9 Å². The van der Waals surface area contributed by atoms with Crippen molar-refractivity contribution < 1.29 is 22.6 Å². The van der Waals surface area contributed by atoms with Crippen LogP contribution < -0.4 is 14.4 Å². The SMILES string of the molecule is FC(F)(F)Oc1ccc(OC2CCN(c3nccn4nccc34)CC2)cc1. The topological polar surface area (TPSA) is 51.9 Å². The van der Waals surface area contributed by atoms with E-state index >= 15 is 0 Å². The van der Waals surface area contributed by atoms with Gasteiger partial charge in [-0.15, -0.1) is 13.2 Å². The summed E-state index contributed by atoms with van der Waals surface area (Å²) in [6.07, 6.45) is 2.16. The minimum absolute atomic E-state index is 0.000257. The number of anilines is 1. The highest BCUT2D eigenvalue weighted by Crippen LogP contribution is 2.27. The van der Waals surface area contributed by atoms with Crippen LogP contribution in [0.15, 0.2) is 48.9 Å². The van der Waals surface area contributed by atoms with E-state index in [0.717, 1.165) is 37.3 Å². The fourth-order valence-electron chi connectivity index (χ4n) is 3.18. The average molecular weight is 378 g/mol. The molecule has 0 N–H and O–H groups in total. The summed E-state index contributed by atoms with van der Waals surface area (Å²) in [7, 11) is 0. The molecule has 4 rings (SSSR count). The number of piperidine rings is 1. The Kier molecular flexibility index (Phi) is 4.51. The number of benzene rings is 1. The van der Waals surface area contributed by atoms with E-state index in [2.05, 4.69) is 19.7 Å². The monoisotopic (exact) mass is 378 g/mol. The zero-order valence-electron chi connectivity index (χ0n) is 14.3. The first-order valence-corrected chi connectivity index (χ1v) is 8.54. The van der Waals surface area contributed by atoms with Gasteiger partial charge in [-0.05, 0) is 30.3 Å². The Morgan fingerprint density at radius 2 is 1.67 bits per heavy atom. The fourth-order valence-corrected chi connectivity index (χ4v) is 3.18. The van der Waals surface area contributed by atoms with Gasteiger partial charge in [-0.25, -0.2) is 9.50 Å². The van der Waals surface area contributed by atoms with Crippen molar-refractivity contribution in [2.75, 3.05) is 18.0 Å². The highest BCUT2D eigenvalue weighted by Gasteiger charge is 2.31. The van der Waals surface area contributed by atoms with Gasteiger partial charge in [0.15, 0.2) is 5.82 Å². The van der Waals surface area contributed by atoms with E-state index in [0.29, 0.717) is 5.75 Å². The van der Waals surface area contributed by atoms with Gasteiger partial charge in [0.05, 0.1) is 6.20 Å². The lowest BCUT2D eigenvalue weighted by Gasteiger charge is -2.33. The van der Waals surface area contributed by atoms with Gasteiger partial charge in [-0.1, -0.05) is 0 Å². The van der Waals surface area contributed by atoms with Crippen LogP contribution in [0.5, 0.6) is 11.5 Å². The molecule has 1 fully saturated rings. The smallest absolute Gasteiger partial charge is 0.490 e. The highest BCUT2D eigenvalue weighted by atomic mass is 19.4. The molecule has 3 aromatic rings. The third-order valence-electron chi connectivity index (χ3n) is 4.41. The molecular formula is C18H17F3N4O2. The molecule has 2 aromatic heterocycles. The molecule has 0 atom stereocenters. The first-order valence-electron chi connectivity index (χ1n) is 8.54. The van der Waals surface area contributed by atoms with Gasteiger partial charge < -0.3 is 14.4 Å². The summed E-state index contributed by atoms with van der Waals surface area (Å²) in [4.78, 5) is 6.66. The Labute approximate surface area is 153 Å². The van der Waals surface area contributed by atoms with Crippen molar-refractivity contribution in [3.8, 4) is 11.5 Å². The van der Waals surface area contributed by atoms with Crippen LogP contribution in [0.1, 0.15) is 12.8 Å². The lowest BCUT2D eigenvalue weighted by Crippen LogP contribution is -2.38. The molecule has 9 heteroatoms. The van der Waals surface area contributed by atoms with Crippen LogP contribution in [0.2, 0.25) is 0 Å². The van der Waals surface area contributed by atoms with Crippen molar-refractivity contribution in [3.05, 3.63) is 48.9 Å². The minimum Gasteiger partial charge on any atom is -0.490 e. The van der Waals surface area contributed by atoms with Crippen LogP contribution in [0, 0.1) is 0 Å². The van der Waals surface area contributed by atoms with Crippen molar-refractivity contribution in [3.63, 3.8) is 0 Å². The lowest BCUT2D eigenvalue weighted by atomic mass is 10.1. The Morgan fingerprint density at radius 1 is 0.963 bits per heavy atom. The van der Waals surface area contributed by atoms with Gasteiger partial charge >= 0.3 is 6.36 Å². The Bertz CT molecular complexity index is 903. The third-order valence-corrected chi connectivity index (χ3v) is 4.41. The molecule has 1 saturated heterocycles. The Hall–Kier alpha value is -2.97. The predicted octanol–water partition coefficient (Wildman–Crippen LogP) is 3.68. The van der Waals surface area contributed by atoms with E-state index < -0.39 is 6.36 Å². The average Bonchev–Trinajstić information content (AvgIpc) is 3.12. The Morgan fingerprint density at radius 3 is 2.37 bits per heavy atom. The molecule has 0 unspecified atom stereocenters. The van der Waals surface area contributed by atoms with Crippen LogP contribution in [-0.4, -0.2) is 40.2 Å². The number of hydrogen-bond donors (Lipinski definition) is 0. The summed E-state index contributed by atoms with van der Waals surface area (Å²) in [5.74, 6) is 1.16. The van der Waals surface area contributed by atoms with Gasteiger partial charge in [0.25, 0.3) is 0 Å². The number of nitrogens with zero attached hydrogens (tertiary/aromatic N) is 4. The van der Waals surface area contributed by atoms with Crippen LogP contribution >= 0.6 is 0 Å². The second kappa shape index (κ2) is 6.98. The lowest BCUT2D eigenvalue weighted by molar-refractivity contribution is -0.274. The van der Waals surface area contributed by atoms with Crippen LogP contribution in [-0.2, 0) is 0 Å². The maximum atomic E-state index is 12.2. The highest BCUT2D eigenvalue weighted by molar-refractivity contribution is 5.68. The molecule has 0 saturated carbocycles. The van der Waals surface area contributed by atoms with E-state index in [1.165, 1.54) is 24.3 Å². The summed E-state index contributed by atoms with van der Waals surface area (Å²) >= 11 is 0. The second-order valence-electron chi connectivity index (χ2n) is 6.24. The molecule has 0 amide bonds. The maximum absolute atomic E-state index is 12.2. The zero-order chi connectivity index (χ0) is 18.9. The Balaban J connectivity index is 1.35. The summed E-state index contributed by atoms with van der Waals surface area (Å²) in [6.45, 7) is 1.55. The van der Waals surface area contributed by atoms with Crippen LogP contribution in [0.3, 0.4) is 0 Å². The molecule has 0 spiro atoms. The van der Waals surface area contributed by atoms with E-state index in [1.807, 2.05) is 6.07 Å². The van der Waals surface area contributed by atoms with Gasteiger partial charge in [0, 0.05) is 38.3 Å². The summed E-state index contributed by atoms with van der Waals surface area (Å²) in [5, 5.41) is 4.22. The molecule has 6 nitrogen and oxygen atoms in total. The molecule has 3 heterocycles. The number of alkyl halides is 3.